The highest BCUT2D eigenvalue weighted by atomic mass is 16.5. The van der Waals surface area contributed by atoms with Crippen molar-refractivity contribution in [3.63, 3.8) is 0 Å². The van der Waals surface area contributed by atoms with Gasteiger partial charge in [0.25, 0.3) is 0 Å². The van der Waals surface area contributed by atoms with Gasteiger partial charge in [-0.2, -0.15) is 0 Å². The molecule has 0 bridgehead atoms. The van der Waals surface area contributed by atoms with Gasteiger partial charge in [0.2, 0.25) is 17.7 Å². The van der Waals surface area contributed by atoms with E-state index in [1.165, 1.54) is 4.90 Å². The van der Waals surface area contributed by atoms with Crippen LogP contribution in [-0.4, -0.2) is 72.0 Å². The molecule has 0 fully saturated rings. The fourth-order valence-corrected chi connectivity index (χ4v) is 4.00. The smallest absolute Gasteiger partial charge is 0.249 e. The van der Waals surface area contributed by atoms with Gasteiger partial charge in [-0.3, -0.25) is 19.4 Å². The molecule has 2 aromatic carbocycles. The number of carbonyl (C=O) groups excluding carboxylic acids is 3. The Kier molecular flexibility index (Phi) is 11.3. The Labute approximate surface area is 228 Å². The highest BCUT2D eigenvalue weighted by Crippen LogP contribution is 2.17. The molecule has 1 aromatic heterocycles. The van der Waals surface area contributed by atoms with E-state index in [0.29, 0.717) is 18.8 Å². The SMILES string of the molecule is CC(OCc1ccccc1)[C@H](NC(=O)[C@@H](N)CC(=O)N(CCN)CCN)C(=O)Nc1cnc2ccccc2c1. The maximum Gasteiger partial charge on any atom is 0.249 e. The summed E-state index contributed by atoms with van der Waals surface area (Å²) in [5, 5.41) is 6.34. The summed E-state index contributed by atoms with van der Waals surface area (Å²) >= 11 is 0. The highest BCUT2D eigenvalue weighted by Gasteiger charge is 2.31. The van der Waals surface area contributed by atoms with E-state index in [-0.39, 0.29) is 32.0 Å². The Bertz CT molecular complexity index is 1230. The molecular weight excluding hydrogens is 498 g/mol. The molecular formula is C28H37N7O4. The van der Waals surface area contributed by atoms with Crippen LogP contribution >= 0.6 is 0 Å². The molecule has 11 nitrogen and oxygen atoms in total. The molecule has 39 heavy (non-hydrogen) atoms. The minimum absolute atomic E-state index is 0.233. The van der Waals surface area contributed by atoms with Crippen LogP contribution in [0.3, 0.4) is 0 Å². The van der Waals surface area contributed by atoms with E-state index in [2.05, 4.69) is 15.6 Å². The topological polar surface area (TPSA) is 179 Å². The number of hydrogen-bond acceptors (Lipinski definition) is 8. The fraction of sp³-hybridized carbons (Fsp3) is 0.357. The van der Waals surface area contributed by atoms with Crippen LogP contribution in [0.2, 0.25) is 0 Å². The number of rotatable bonds is 14. The molecule has 3 rings (SSSR count). The summed E-state index contributed by atoms with van der Waals surface area (Å²) in [6, 6.07) is 16.5. The average Bonchev–Trinajstić information content (AvgIpc) is 2.94. The Morgan fingerprint density at radius 2 is 1.64 bits per heavy atom. The van der Waals surface area contributed by atoms with E-state index >= 15 is 0 Å². The number of amides is 3. The van der Waals surface area contributed by atoms with Crippen LogP contribution in [0, 0.1) is 0 Å². The summed E-state index contributed by atoms with van der Waals surface area (Å²) in [6.45, 7) is 3.05. The number of hydrogen-bond donors (Lipinski definition) is 5. The van der Waals surface area contributed by atoms with Crippen molar-refractivity contribution < 1.29 is 19.1 Å². The Balaban J connectivity index is 1.72. The van der Waals surface area contributed by atoms with Crippen molar-refractivity contribution in [3.8, 4) is 0 Å². The third kappa shape index (κ3) is 8.82. The number of aromatic nitrogens is 1. The molecule has 0 saturated carbocycles. The van der Waals surface area contributed by atoms with Crippen LogP contribution in [0.15, 0.2) is 66.9 Å². The molecule has 1 unspecified atom stereocenters. The first kappa shape index (κ1) is 29.7. The largest absolute Gasteiger partial charge is 0.371 e. The maximum atomic E-state index is 13.4. The van der Waals surface area contributed by atoms with Crippen molar-refractivity contribution in [3.05, 3.63) is 72.4 Å². The van der Waals surface area contributed by atoms with E-state index in [1.807, 2.05) is 54.6 Å². The van der Waals surface area contributed by atoms with Gasteiger partial charge in [-0.1, -0.05) is 48.5 Å². The molecule has 1 heterocycles. The number of para-hydroxylation sites is 1. The second kappa shape index (κ2) is 14.9. The Morgan fingerprint density at radius 3 is 2.33 bits per heavy atom. The van der Waals surface area contributed by atoms with Gasteiger partial charge in [0.05, 0.1) is 42.6 Å². The van der Waals surface area contributed by atoms with Gasteiger partial charge >= 0.3 is 0 Å². The summed E-state index contributed by atoms with van der Waals surface area (Å²) < 4.78 is 5.95. The normalized spacial score (nSPS) is 13.3. The van der Waals surface area contributed by atoms with Gasteiger partial charge in [0, 0.05) is 31.6 Å². The van der Waals surface area contributed by atoms with Crippen LogP contribution in [0.4, 0.5) is 5.69 Å². The maximum absolute atomic E-state index is 13.4. The number of anilines is 1. The lowest BCUT2D eigenvalue weighted by atomic mass is 10.1. The number of benzene rings is 2. The minimum Gasteiger partial charge on any atom is -0.371 e. The van der Waals surface area contributed by atoms with Gasteiger partial charge in [-0.25, -0.2) is 0 Å². The second-order valence-corrected chi connectivity index (χ2v) is 9.16. The molecule has 0 aliphatic rings. The molecule has 8 N–H and O–H groups in total. The van der Waals surface area contributed by atoms with Crippen molar-refractivity contribution in [2.45, 2.75) is 38.1 Å². The summed E-state index contributed by atoms with van der Waals surface area (Å²) in [5.74, 6) is -1.51. The highest BCUT2D eigenvalue weighted by molar-refractivity contribution is 5.99. The molecule has 3 atom stereocenters. The lowest BCUT2D eigenvalue weighted by Crippen LogP contribution is -2.55. The second-order valence-electron chi connectivity index (χ2n) is 9.16. The molecule has 0 aliphatic heterocycles. The summed E-state index contributed by atoms with van der Waals surface area (Å²) in [7, 11) is 0. The van der Waals surface area contributed by atoms with E-state index in [0.717, 1.165) is 16.5 Å². The zero-order valence-corrected chi connectivity index (χ0v) is 22.1. The zero-order chi connectivity index (χ0) is 28.2. The predicted molar refractivity (Wildman–Crippen MR) is 150 cm³/mol. The van der Waals surface area contributed by atoms with Gasteiger partial charge < -0.3 is 37.5 Å². The number of fused-ring (bicyclic) bond motifs is 1. The van der Waals surface area contributed by atoms with Crippen LogP contribution in [0.5, 0.6) is 0 Å². The van der Waals surface area contributed by atoms with Gasteiger partial charge in [0.1, 0.15) is 6.04 Å². The molecule has 0 saturated heterocycles. The first-order valence-electron chi connectivity index (χ1n) is 12.9. The summed E-state index contributed by atoms with van der Waals surface area (Å²) in [5.41, 5.74) is 19.4. The number of nitrogens with two attached hydrogens (primary N) is 3. The number of nitrogens with zero attached hydrogens (tertiary/aromatic N) is 2. The number of pyridine rings is 1. The quantitative estimate of drug-likeness (QED) is 0.200. The summed E-state index contributed by atoms with van der Waals surface area (Å²) in [4.78, 5) is 44.9. The zero-order valence-electron chi connectivity index (χ0n) is 22.1. The molecule has 11 heteroatoms. The van der Waals surface area contributed by atoms with Crippen LogP contribution in [0.1, 0.15) is 18.9 Å². The number of nitrogens with one attached hydrogen (secondary N) is 2. The van der Waals surface area contributed by atoms with Gasteiger partial charge in [-0.05, 0) is 24.6 Å². The molecule has 3 aromatic rings. The van der Waals surface area contributed by atoms with Crippen molar-refractivity contribution in [2.24, 2.45) is 17.2 Å². The molecule has 0 radical (unpaired) electrons. The predicted octanol–water partition coefficient (Wildman–Crippen LogP) is 0.727. The van der Waals surface area contributed by atoms with E-state index in [9.17, 15) is 14.4 Å². The molecule has 0 aliphatic carbocycles. The first-order chi connectivity index (χ1) is 18.8. The van der Waals surface area contributed by atoms with Crippen molar-refractivity contribution >= 4 is 34.3 Å². The van der Waals surface area contributed by atoms with Crippen LogP contribution in [0.25, 0.3) is 10.9 Å². The van der Waals surface area contributed by atoms with Crippen molar-refractivity contribution in [2.75, 3.05) is 31.5 Å². The standard InChI is InChI=1S/C28H37N7O4/c1-19(39-18-20-7-3-2-4-8-20)26(28(38)33-22-15-21-9-5-6-10-24(21)32-17-22)34-27(37)23(31)16-25(36)35(13-11-29)14-12-30/h2-10,15,17,19,23,26H,11-14,16,18,29-31H2,1H3,(H,33,38)(H,34,37)/t19?,23-,26-/m0/s1. The summed E-state index contributed by atoms with van der Waals surface area (Å²) in [6.07, 6.45) is 0.563. The van der Waals surface area contributed by atoms with Gasteiger partial charge in [0.15, 0.2) is 0 Å². The molecule has 0 spiro atoms. The van der Waals surface area contributed by atoms with Gasteiger partial charge in [-0.15, -0.1) is 0 Å². The first-order valence-corrected chi connectivity index (χ1v) is 12.9. The Hall–Kier alpha value is -3.90. The monoisotopic (exact) mass is 535 g/mol. The van der Waals surface area contributed by atoms with E-state index in [4.69, 9.17) is 21.9 Å². The third-order valence-corrected chi connectivity index (χ3v) is 6.15. The third-order valence-electron chi connectivity index (χ3n) is 6.15. The minimum atomic E-state index is -1.19. The fourth-order valence-electron chi connectivity index (χ4n) is 4.00. The van der Waals surface area contributed by atoms with Crippen molar-refractivity contribution in [1.82, 2.24) is 15.2 Å². The van der Waals surface area contributed by atoms with E-state index in [1.54, 1.807) is 19.2 Å². The number of carbonyl (C=O) groups is 3. The molecule has 208 valence electrons. The van der Waals surface area contributed by atoms with E-state index < -0.39 is 30.0 Å². The van der Waals surface area contributed by atoms with Crippen LogP contribution in [-0.2, 0) is 25.7 Å². The molecule has 3 amide bonds. The lowest BCUT2D eigenvalue weighted by Gasteiger charge is -2.27. The lowest BCUT2D eigenvalue weighted by molar-refractivity contribution is -0.135. The number of ether oxygens (including phenoxy) is 1. The van der Waals surface area contributed by atoms with Crippen molar-refractivity contribution in [1.29, 1.82) is 0 Å². The average molecular weight is 536 g/mol. The Morgan fingerprint density at radius 1 is 0.974 bits per heavy atom. The van der Waals surface area contributed by atoms with Crippen LogP contribution < -0.4 is 27.8 Å².